The Morgan fingerprint density at radius 2 is 1.71 bits per heavy atom. The van der Waals surface area contributed by atoms with Crippen LogP contribution in [0.15, 0.2) is 42.5 Å². The molecule has 8 heteroatoms. The molecule has 1 heterocycles. The van der Waals surface area contributed by atoms with Gasteiger partial charge in [-0.05, 0) is 55.7 Å². The average Bonchev–Trinajstić information content (AvgIpc) is 2.73. The Kier molecular flexibility index (Phi) is 7.20. The van der Waals surface area contributed by atoms with Gasteiger partial charge in [0.15, 0.2) is 0 Å². The van der Waals surface area contributed by atoms with Crippen molar-refractivity contribution in [2.75, 3.05) is 48.2 Å². The van der Waals surface area contributed by atoms with Gasteiger partial charge in [0.2, 0.25) is 15.9 Å². The smallest absolute Gasteiger partial charge is 0.232 e. The molecule has 1 aliphatic rings. The maximum absolute atomic E-state index is 14.0. The number of rotatable bonds is 7. The molecule has 2 aromatic carbocycles. The number of benzene rings is 2. The summed E-state index contributed by atoms with van der Waals surface area (Å²) in [5.41, 5.74) is 3.31. The van der Waals surface area contributed by atoms with Gasteiger partial charge in [-0.15, -0.1) is 0 Å². The van der Waals surface area contributed by atoms with E-state index in [4.69, 9.17) is 0 Å². The lowest BCUT2D eigenvalue weighted by molar-refractivity contribution is -0.131. The normalized spacial score (nSPS) is 14.6. The zero-order chi connectivity index (χ0) is 22.6. The number of para-hydroxylation sites is 1. The summed E-state index contributed by atoms with van der Waals surface area (Å²) in [5.74, 6) is -0.254. The number of sulfonamides is 1. The van der Waals surface area contributed by atoms with E-state index in [9.17, 15) is 17.6 Å². The van der Waals surface area contributed by atoms with E-state index in [1.807, 2.05) is 30.9 Å². The summed E-state index contributed by atoms with van der Waals surface area (Å²) in [7, 11) is -3.45. The van der Waals surface area contributed by atoms with Gasteiger partial charge in [0, 0.05) is 39.1 Å². The summed E-state index contributed by atoms with van der Waals surface area (Å²) in [6.07, 6.45) is 1.90. The van der Waals surface area contributed by atoms with E-state index in [0.29, 0.717) is 44.0 Å². The molecule has 0 aliphatic carbocycles. The number of nitrogens with zero attached hydrogens (tertiary/aromatic N) is 3. The highest BCUT2D eigenvalue weighted by atomic mass is 32.2. The summed E-state index contributed by atoms with van der Waals surface area (Å²) < 4.78 is 39.9. The molecule has 0 radical (unpaired) electrons. The number of carbonyl (C=O) groups is 1. The Bertz CT molecular complexity index is 1030. The summed E-state index contributed by atoms with van der Waals surface area (Å²) in [6.45, 7) is 6.39. The predicted octanol–water partition coefficient (Wildman–Crippen LogP) is 3.34. The number of halogens is 1. The van der Waals surface area contributed by atoms with Crippen LogP contribution >= 0.6 is 0 Å². The number of piperazine rings is 1. The van der Waals surface area contributed by atoms with Gasteiger partial charge in [0.1, 0.15) is 5.82 Å². The van der Waals surface area contributed by atoms with E-state index in [2.05, 4.69) is 0 Å². The highest BCUT2D eigenvalue weighted by Gasteiger charge is 2.23. The molecule has 0 saturated carbocycles. The minimum atomic E-state index is -3.45. The van der Waals surface area contributed by atoms with Crippen molar-refractivity contribution in [3.8, 4) is 0 Å². The van der Waals surface area contributed by atoms with Crippen LogP contribution in [0.2, 0.25) is 0 Å². The zero-order valence-electron chi connectivity index (χ0n) is 18.3. The van der Waals surface area contributed by atoms with E-state index in [0.717, 1.165) is 11.1 Å². The quantitative estimate of drug-likeness (QED) is 0.653. The lowest BCUT2D eigenvalue weighted by Gasteiger charge is -2.36. The van der Waals surface area contributed by atoms with E-state index < -0.39 is 10.0 Å². The van der Waals surface area contributed by atoms with Crippen LogP contribution in [0.4, 0.5) is 15.8 Å². The number of hydrogen-bond acceptors (Lipinski definition) is 4. The summed E-state index contributed by atoms with van der Waals surface area (Å²) in [4.78, 5) is 16.4. The molecular formula is C23H30FN3O3S. The van der Waals surface area contributed by atoms with Gasteiger partial charge in [-0.2, -0.15) is 0 Å². The van der Waals surface area contributed by atoms with Crippen LogP contribution in [0.1, 0.15) is 24.0 Å². The molecule has 31 heavy (non-hydrogen) atoms. The Hall–Kier alpha value is -2.61. The monoisotopic (exact) mass is 447 g/mol. The fraction of sp³-hybridized carbons (Fsp3) is 0.435. The highest BCUT2D eigenvalue weighted by molar-refractivity contribution is 7.92. The largest absolute Gasteiger partial charge is 0.366 e. The first kappa shape index (κ1) is 23.1. The maximum atomic E-state index is 14.0. The Morgan fingerprint density at radius 1 is 1.03 bits per heavy atom. The second kappa shape index (κ2) is 9.68. The van der Waals surface area contributed by atoms with E-state index in [-0.39, 0.29) is 24.7 Å². The van der Waals surface area contributed by atoms with Crippen molar-refractivity contribution in [3.63, 3.8) is 0 Å². The fourth-order valence-corrected chi connectivity index (χ4v) is 4.76. The van der Waals surface area contributed by atoms with Crippen molar-refractivity contribution >= 4 is 27.3 Å². The van der Waals surface area contributed by atoms with Crippen molar-refractivity contribution in [3.05, 3.63) is 59.4 Å². The third kappa shape index (κ3) is 5.76. The van der Waals surface area contributed by atoms with E-state index in [1.54, 1.807) is 29.2 Å². The molecule has 0 unspecified atom stereocenters. The molecule has 1 amide bonds. The number of aryl methyl sites for hydroxylation is 2. The molecule has 168 valence electrons. The second-order valence-electron chi connectivity index (χ2n) is 8.03. The van der Waals surface area contributed by atoms with Crippen LogP contribution in [-0.2, 0) is 14.8 Å². The molecule has 0 spiro atoms. The molecule has 1 saturated heterocycles. The molecule has 1 fully saturated rings. The van der Waals surface area contributed by atoms with Crippen molar-refractivity contribution in [1.82, 2.24) is 4.90 Å². The fourth-order valence-electron chi connectivity index (χ4n) is 3.80. The van der Waals surface area contributed by atoms with Crippen molar-refractivity contribution < 1.29 is 17.6 Å². The van der Waals surface area contributed by atoms with Gasteiger partial charge in [-0.25, -0.2) is 12.8 Å². The Morgan fingerprint density at radius 3 is 2.32 bits per heavy atom. The standard InChI is InChI=1S/C23H30FN3O3S/c1-18-10-11-20(17-19(18)2)27(31(3,29)30)12-6-9-23(28)26-15-13-25(14-16-26)22-8-5-4-7-21(22)24/h4-5,7-8,10-11,17H,6,9,12-16H2,1-3H3. The number of carbonyl (C=O) groups excluding carboxylic acids is 1. The third-order valence-electron chi connectivity index (χ3n) is 5.76. The first-order valence-electron chi connectivity index (χ1n) is 10.5. The Balaban J connectivity index is 1.54. The molecule has 0 N–H and O–H groups in total. The molecule has 0 aromatic heterocycles. The third-order valence-corrected chi connectivity index (χ3v) is 6.95. The molecular weight excluding hydrogens is 417 g/mol. The molecule has 1 aliphatic heterocycles. The topological polar surface area (TPSA) is 60.9 Å². The SMILES string of the molecule is Cc1ccc(N(CCCC(=O)N2CCN(c3ccccc3F)CC2)S(C)(=O)=O)cc1C. The van der Waals surface area contributed by atoms with Crippen LogP contribution < -0.4 is 9.21 Å². The van der Waals surface area contributed by atoms with Crippen LogP contribution in [0.3, 0.4) is 0 Å². The van der Waals surface area contributed by atoms with E-state index >= 15 is 0 Å². The molecule has 2 aromatic rings. The Labute approximate surface area is 184 Å². The lowest BCUT2D eigenvalue weighted by atomic mass is 10.1. The van der Waals surface area contributed by atoms with Crippen molar-refractivity contribution in [2.45, 2.75) is 26.7 Å². The van der Waals surface area contributed by atoms with Gasteiger partial charge in [-0.3, -0.25) is 9.10 Å². The summed E-state index contributed by atoms with van der Waals surface area (Å²) in [6, 6.07) is 12.2. The van der Waals surface area contributed by atoms with Gasteiger partial charge in [0.05, 0.1) is 17.6 Å². The number of anilines is 2. The second-order valence-corrected chi connectivity index (χ2v) is 9.93. The minimum Gasteiger partial charge on any atom is -0.366 e. The van der Waals surface area contributed by atoms with Gasteiger partial charge in [-0.1, -0.05) is 18.2 Å². The minimum absolute atomic E-state index is 0.00159. The van der Waals surface area contributed by atoms with Crippen LogP contribution in [-0.4, -0.2) is 58.2 Å². The zero-order valence-corrected chi connectivity index (χ0v) is 19.2. The molecule has 6 nitrogen and oxygen atoms in total. The molecule has 3 rings (SSSR count). The lowest BCUT2D eigenvalue weighted by Crippen LogP contribution is -2.49. The van der Waals surface area contributed by atoms with Crippen LogP contribution in [0.5, 0.6) is 0 Å². The van der Waals surface area contributed by atoms with Crippen LogP contribution in [0.25, 0.3) is 0 Å². The molecule has 0 bridgehead atoms. The maximum Gasteiger partial charge on any atom is 0.232 e. The van der Waals surface area contributed by atoms with E-state index in [1.165, 1.54) is 16.6 Å². The van der Waals surface area contributed by atoms with Gasteiger partial charge in [0.25, 0.3) is 0 Å². The van der Waals surface area contributed by atoms with Crippen molar-refractivity contribution in [2.24, 2.45) is 0 Å². The van der Waals surface area contributed by atoms with Gasteiger partial charge >= 0.3 is 0 Å². The first-order valence-corrected chi connectivity index (χ1v) is 12.3. The molecule has 0 atom stereocenters. The number of amides is 1. The number of hydrogen-bond donors (Lipinski definition) is 0. The predicted molar refractivity (Wildman–Crippen MR) is 123 cm³/mol. The van der Waals surface area contributed by atoms with Gasteiger partial charge < -0.3 is 9.80 Å². The average molecular weight is 448 g/mol. The summed E-state index contributed by atoms with van der Waals surface area (Å²) in [5, 5.41) is 0. The highest BCUT2D eigenvalue weighted by Crippen LogP contribution is 2.23. The van der Waals surface area contributed by atoms with Crippen molar-refractivity contribution in [1.29, 1.82) is 0 Å². The van der Waals surface area contributed by atoms with Crippen LogP contribution in [0, 0.1) is 19.7 Å². The first-order chi connectivity index (χ1) is 14.7. The summed E-state index contributed by atoms with van der Waals surface area (Å²) >= 11 is 0.